The third-order valence-electron chi connectivity index (χ3n) is 7.57. The second-order valence-electron chi connectivity index (χ2n) is 10.2. The Labute approximate surface area is 227 Å². The van der Waals surface area contributed by atoms with Crippen LogP contribution in [0.3, 0.4) is 0 Å². The lowest BCUT2D eigenvalue weighted by atomic mass is 9.89. The van der Waals surface area contributed by atoms with Gasteiger partial charge in [-0.3, -0.25) is 9.59 Å². The standard InChI is InChI=1S/C32H33FN2O4/c1-22(18-23-8-4-2-5-9-23)32(38)34(16-17-39-26-10-6-3-7-11-26)25-13-15-30-28(20-25)27-19-24(33)12-14-29(27)35(30)21-31(36)37/h2-12,14,19,22,25H,13,15-18,20-21H2,1H3,(H,36,37). The first kappa shape index (κ1) is 26.5. The Morgan fingerprint density at radius 3 is 2.51 bits per heavy atom. The molecule has 1 aliphatic rings. The van der Waals surface area contributed by atoms with Gasteiger partial charge in [0.15, 0.2) is 0 Å². The predicted octanol–water partition coefficient (Wildman–Crippen LogP) is 5.51. The number of amides is 1. The topological polar surface area (TPSA) is 71.8 Å². The van der Waals surface area contributed by atoms with E-state index in [1.165, 1.54) is 12.1 Å². The maximum absolute atomic E-state index is 14.3. The largest absolute Gasteiger partial charge is 0.492 e. The molecule has 2 unspecified atom stereocenters. The number of carboxylic acid groups (broad SMARTS) is 1. The molecule has 0 radical (unpaired) electrons. The Kier molecular flexibility index (Phi) is 7.96. The lowest BCUT2D eigenvalue weighted by molar-refractivity contribution is -0.138. The highest BCUT2D eigenvalue weighted by Gasteiger charge is 2.33. The summed E-state index contributed by atoms with van der Waals surface area (Å²) in [5.74, 6) is -0.715. The third kappa shape index (κ3) is 5.98. The Balaban J connectivity index is 1.42. The second kappa shape index (κ2) is 11.7. The van der Waals surface area contributed by atoms with E-state index in [1.807, 2.05) is 72.5 Å². The molecule has 1 heterocycles. The molecule has 2 atom stereocenters. The third-order valence-corrected chi connectivity index (χ3v) is 7.57. The quantitative estimate of drug-likeness (QED) is 0.295. The summed E-state index contributed by atoms with van der Waals surface area (Å²) in [6.45, 7) is 2.56. The molecule has 0 spiro atoms. The zero-order valence-corrected chi connectivity index (χ0v) is 22.1. The molecular formula is C32H33FN2O4. The number of carbonyl (C=O) groups excluding carboxylic acids is 1. The molecule has 3 aromatic carbocycles. The van der Waals surface area contributed by atoms with E-state index in [-0.39, 0.29) is 30.2 Å². The van der Waals surface area contributed by atoms with Gasteiger partial charge in [-0.05, 0) is 67.1 Å². The van der Waals surface area contributed by atoms with Crippen molar-refractivity contribution < 1.29 is 23.8 Å². The number of carboxylic acids is 1. The lowest BCUT2D eigenvalue weighted by Crippen LogP contribution is -2.48. The van der Waals surface area contributed by atoms with Crippen molar-refractivity contribution in [2.75, 3.05) is 13.2 Å². The zero-order chi connectivity index (χ0) is 27.4. The molecule has 0 saturated heterocycles. The van der Waals surface area contributed by atoms with Gasteiger partial charge in [0.1, 0.15) is 24.7 Å². The van der Waals surface area contributed by atoms with Crippen LogP contribution in [0.4, 0.5) is 4.39 Å². The van der Waals surface area contributed by atoms with Crippen LogP contribution >= 0.6 is 0 Å². The summed E-state index contributed by atoms with van der Waals surface area (Å²) < 4.78 is 22.0. The maximum Gasteiger partial charge on any atom is 0.323 e. The number of benzene rings is 3. The van der Waals surface area contributed by atoms with Gasteiger partial charge in [-0.2, -0.15) is 0 Å². The highest BCUT2D eigenvalue weighted by atomic mass is 19.1. The van der Waals surface area contributed by atoms with Crippen molar-refractivity contribution in [3.63, 3.8) is 0 Å². The summed E-state index contributed by atoms with van der Waals surface area (Å²) in [7, 11) is 0. The number of hydrogen-bond donors (Lipinski definition) is 1. The fourth-order valence-electron chi connectivity index (χ4n) is 5.77. The van der Waals surface area contributed by atoms with E-state index in [2.05, 4.69) is 0 Å². The van der Waals surface area contributed by atoms with Crippen LogP contribution in [-0.4, -0.2) is 45.6 Å². The minimum atomic E-state index is -0.939. The Hall–Kier alpha value is -4.13. The van der Waals surface area contributed by atoms with E-state index in [0.29, 0.717) is 44.4 Å². The monoisotopic (exact) mass is 528 g/mol. The van der Waals surface area contributed by atoms with Crippen LogP contribution in [0.1, 0.15) is 30.2 Å². The number of rotatable bonds is 10. The number of fused-ring (bicyclic) bond motifs is 3. The van der Waals surface area contributed by atoms with E-state index >= 15 is 0 Å². The van der Waals surface area contributed by atoms with Crippen molar-refractivity contribution in [3.05, 3.63) is 102 Å². The molecule has 1 N–H and O–H groups in total. The molecule has 0 bridgehead atoms. The van der Waals surface area contributed by atoms with E-state index in [4.69, 9.17) is 4.74 Å². The molecule has 39 heavy (non-hydrogen) atoms. The molecule has 202 valence electrons. The fraction of sp³-hybridized carbons (Fsp3) is 0.312. The van der Waals surface area contributed by atoms with E-state index in [9.17, 15) is 19.1 Å². The van der Waals surface area contributed by atoms with Crippen molar-refractivity contribution in [3.8, 4) is 5.75 Å². The molecule has 0 aliphatic heterocycles. The SMILES string of the molecule is CC(Cc1ccccc1)C(=O)N(CCOc1ccccc1)C1CCc2c(c3cc(F)ccc3n2CC(=O)O)C1. The molecule has 1 aromatic heterocycles. The van der Waals surface area contributed by atoms with Crippen molar-refractivity contribution in [2.24, 2.45) is 5.92 Å². The summed E-state index contributed by atoms with van der Waals surface area (Å²) in [6.07, 6.45) is 2.48. The van der Waals surface area contributed by atoms with Crippen molar-refractivity contribution in [1.29, 1.82) is 0 Å². The molecule has 6 nitrogen and oxygen atoms in total. The van der Waals surface area contributed by atoms with E-state index in [1.54, 1.807) is 10.6 Å². The van der Waals surface area contributed by atoms with Gasteiger partial charge in [0.05, 0.1) is 6.54 Å². The van der Waals surface area contributed by atoms with Crippen LogP contribution in [0.15, 0.2) is 78.9 Å². The first-order valence-electron chi connectivity index (χ1n) is 13.4. The average molecular weight is 529 g/mol. The highest BCUT2D eigenvalue weighted by molar-refractivity contribution is 5.87. The summed E-state index contributed by atoms with van der Waals surface area (Å²) in [6, 6.07) is 23.9. The van der Waals surface area contributed by atoms with Crippen LogP contribution in [0.2, 0.25) is 0 Å². The number of halogens is 1. The Morgan fingerprint density at radius 1 is 1.08 bits per heavy atom. The first-order chi connectivity index (χ1) is 18.9. The van der Waals surface area contributed by atoms with Crippen molar-refractivity contribution in [2.45, 2.75) is 45.2 Å². The van der Waals surface area contributed by atoms with Crippen LogP contribution in [0.25, 0.3) is 10.9 Å². The van der Waals surface area contributed by atoms with Gasteiger partial charge in [-0.15, -0.1) is 0 Å². The van der Waals surface area contributed by atoms with Crippen LogP contribution in [0, 0.1) is 11.7 Å². The summed E-state index contributed by atoms with van der Waals surface area (Å²) in [5.41, 5.74) is 3.67. The highest BCUT2D eigenvalue weighted by Crippen LogP contribution is 2.35. The number of aliphatic carboxylic acids is 1. The van der Waals surface area contributed by atoms with Gasteiger partial charge < -0.3 is 19.3 Å². The smallest absolute Gasteiger partial charge is 0.323 e. The van der Waals surface area contributed by atoms with Gasteiger partial charge >= 0.3 is 5.97 Å². The lowest BCUT2D eigenvalue weighted by Gasteiger charge is -2.36. The van der Waals surface area contributed by atoms with Crippen LogP contribution < -0.4 is 4.74 Å². The van der Waals surface area contributed by atoms with E-state index < -0.39 is 5.97 Å². The van der Waals surface area contributed by atoms with Gasteiger partial charge in [-0.25, -0.2) is 4.39 Å². The Bertz CT molecular complexity index is 1450. The first-order valence-corrected chi connectivity index (χ1v) is 13.4. The summed E-state index contributed by atoms with van der Waals surface area (Å²) in [5, 5.41) is 10.2. The van der Waals surface area contributed by atoms with Crippen LogP contribution in [0.5, 0.6) is 5.75 Å². The predicted molar refractivity (Wildman–Crippen MR) is 148 cm³/mol. The van der Waals surface area contributed by atoms with Gasteiger partial charge in [0.25, 0.3) is 0 Å². The number of ether oxygens (including phenoxy) is 1. The molecule has 4 aromatic rings. The van der Waals surface area contributed by atoms with Gasteiger partial charge in [0, 0.05) is 28.6 Å². The molecule has 7 heteroatoms. The number of para-hydroxylation sites is 1. The van der Waals surface area contributed by atoms with Crippen LogP contribution in [-0.2, 0) is 35.4 Å². The second-order valence-corrected chi connectivity index (χ2v) is 10.2. The Morgan fingerprint density at radius 2 is 1.79 bits per heavy atom. The number of nitrogens with zero attached hydrogens (tertiary/aromatic N) is 2. The zero-order valence-electron chi connectivity index (χ0n) is 22.1. The number of carbonyl (C=O) groups is 2. The summed E-state index contributed by atoms with van der Waals surface area (Å²) >= 11 is 0. The molecule has 5 rings (SSSR count). The number of hydrogen-bond acceptors (Lipinski definition) is 3. The van der Waals surface area contributed by atoms with Gasteiger partial charge in [0.2, 0.25) is 5.91 Å². The molecule has 1 amide bonds. The van der Waals surface area contributed by atoms with E-state index in [0.717, 1.165) is 28.0 Å². The maximum atomic E-state index is 14.3. The molecule has 0 fully saturated rings. The minimum absolute atomic E-state index is 0.0596. The number of aromatic nitrogens is 1. The van der Waals surface area contributed by atoms with Crippen molar-refractivity contribution >= 4 is 22.8 Å². The van der Waals surface area contributed by atoms with Gasteiger partial charge in [-0.1, -0.05) is 55.5 Å². The fourth-order valence-corrected chi connectivity index (χ4v) is 5.77. The normalized spacial score (nSPS) is 15.5. The molecule has 0 saturated carbocycles. The molecule has 1 aliphatic carbocycles. The average Bonchev–Trinajstić information content (AvgIpc) is 3.23. The van der Waals surface area contributed by atoms with Crippen molar-refractivity contribution in [1.82, 2.24) is 9.47 Å². The molecular weight excluding hydrogens is 495 g/mol. The summed E-state index contributed by atoms with van der Waals surface area (Å²) in [4.78, 5) is 27.5. The minimum Gasteiger partial charge on any atom is -0.492 e.